The maximum absolute atomic E-state index is 11.9. The molecule has 84 valence electrons. The van der Waals surface area contributed by atoms with Crippen LogP contribution in [-0.4, -0.2) is 5.91 Å². The molecule has 0 unspecified atom stereocenters. The summed E-state index contributed by atoms with van der Waals surface area (Å²) in [4.78, 5) is 11.9. The first-order valence-electron chi connectivity index (χ1n) is 5.22. The smallest absolute Gasteiger partial charge is 0.259 e. The fourth-order valence-corrected chi connectivity index (χ4v) is 1.79. The molecule has 0 radical (unpaired) electrons. The van der Waals surface area contributed by atoms with E-state index in [1.54, 1.807) is 36.4 Å². The first-order chi connectivity index (χ1) is 8.24. The van der Waals surface area contributed by atoms with Crippen LogP contribution in [0.2, 0.25) is 0 Å². The van der Waals surface area contributed by atoms with Crippen LogP contribution in [0.4, 0.5) is 11.4 Å². The first kappa shape index (κ1) is 9.72. The lowest BCUT2D eigenvalue weighted by molar-refractivity contribution is 0.102. The number of hydrogen-bond donors (Lipinski definition) is 2. The largest absolute Gasteiger partial charge is 0.454 e. The Morgan fingerprint density at radius 3 is 2.76 bits per heavy atom. The summed E-state index contributed by atoms with van der Waals surface area (Å²) in [5.41, 5.74) is 7.36. The highest BCUT2D eigenvalue weighted by atomic mass is 16.5. The van der Waals surface area contributed by atoms with Gasteiger partial charge in [0.25, 0.3) is 5.91 Å². The number of nitrogen functional groups attached to an aromatic ring is 1. The van der Waals surface area contributed by atoms with Crippen LogP contribution in [0.5, 0.6) is 11.5 Å². The van der Waals surface area contributed by atoms with Crippen LogP contribution in [0.1, 0.15) is 10.4 Å². The number of hydrogen-bond acceptors (Lipinski definition) is 3. The van der Waals surface area contributed by atoms with Gasteiger partial charge in [-0.1, -0.05) is 12.1 Å². The molecule has 0 aliphatic carbocycles. The molecule has 2 aromatic rings. The molecule has 1 aliphatic rings. The van der Waals surface area contributed by atoms with Crippen molar-refractivity contribution in [2.75, 3.05) is 11.1 Å². The predicted molar refractivity (Wildman–Crippen MR) is 65.3 cm³/mol. The van der Waals surface area contributed by atoms with Crippen molar-refractivity contribution in [3.8, 4) is 11.5 Å². The summed E-state index contributed by atoms with van der Waals surface area (Å²) in [6.07, 6.45) is 0. The van der Waals surface area contributed by atoms with Crippen molar-refractivity contribution >= 4 is 17.3 Å². The third kappa shape index (κ3) is 1.59. The molecule has 17 heavy (non-hydrogen) atoms. The molecule has 3 N–H and O–H groups in total. The maximum Gasteiger partial charge on any atom is 0.259 e. The van der Waals surface area contributed by atoms with E-state index in [0.717, 1.165) is 0 Å². The Bertz CT molecular complexity index is 608. The predicted octanol–water partition coefficient (Wildman–Crippen LogP) is 2.63. The number of nitrogens with two attached hydrogens (primary N) is 1. The Hall–Kier alpha value is -2.49. The molecule has 1 aliphatic heterocycles. The second-order valence-electron chi connectivity index (χ2n) is 3.81. The Kier molecular flexibility index (Phi) is 2.01. The van der Waals surface area contributed by atoms with Crippen molar-refractivity contribution in [2.24, 2.45) is 0 Å². The minimum atomic E-state index is -0.190. The van der Waals surface area contributed by atoms with Gasteiger partial charge in [-0.25, -0.2) is 0 Å². The second-order valence-corrected chi connectivity index (χ2v) is 3.81. The minimum absolute atomic E-state index is 0.190. The van der Waals surface area contributed by atoms with Crippen LogP contribution in [0.15, 0.2) is 42.5 Å². The van der Waals surface area contributed by atoms with E-state index in [1.807, 2.05) is 6.07 Å². The number of fused-ring (bicyclic) bond motifs is 2. The lowest BCUT2D eigenvalue weighted by atomic mass is 10.2. The molecule has 1 heterocycles. The Labute approximate surface area is 98.0 Å². The van der Waals surface area contributed by atoms with E-state index in [-0.39, 0.29) is 5.91 Å². The molecule has 0 spiro atoms. The number of carbonyl (C=O) groups excluding carboxylic acids is 1. The monoisotopic (exact) mass is 226 g/mol. The number of carbonyl (C=O) groups is 1. The molecular weight excluding hydrogens is 216 g/mol. The van der Waals surface area contributed by atoms with Crippen molar-refractivity contribution in [1.29, 1.82) is 0 Å². The van der Waals surface area contributed by atoms with Gasteiger partial charge >= 0.3 is 0 Å². The van der Waals surface area contributed by atoms with E-state index in [0.29, 0.717) is 28.4 Å². The van der Waals surface area contributed by atoms with Gasteiger partial charge in [0.1, 0.15) is 5.75 Å². The fraction of sp³-hybridized carbons (Fsp3) is 0. The summed E-state index contributed by atoms with van der Waals surface area (Å²) in [6, 6.07) is 12.3. The van der Waals surface area contributed by atoms with Gasteiger partial charge in [-0.05, 0) is 30.3 Å². The van der Waals surface area contributed by atoms with E-state index >= 15 is 0 Å². The van der Waals surface area contributed by atoms with Gasteiger partial charge in [0, 0.05) is 5.69 Å². The lowest BCUT2D eigenvalue weighted by Crippen LogP contribution is -2.10. The summed E-state index contributed by atoms with van der Waals surface area (Å²) in [7, 11) is 0. The summed E-state index contributed by atoms with van der Waals surface area (Å²) in [5, 5.41) is 2.78. The van der Waals surface area contributed by atoms with Gasteiger partial charge in [-0.3, -0.25) is 4.79 Å². The van der Waals surface area contributed by atoms with Crippen molar-refractivity contribution in [1.82, 2.24) is 0 Å². The van der Waals surface area contributed by atoms with Crippen molar-refractivity contribution in [2.45, 2.75) is 0 Å². The van der Waals surface area contributed by atoms with Crippen LogP contribution >= 0.6 is 0 Å². The van der Waals surface area contributed by atoms with Crippen molar-refractivity contribution in [3.63, 3.8) is 0 Å². The SMILES string of the molecule is Nc1ccc2c(c1)NC(=O)c1ccccc1O2. The lowest BCUT2D eigenvalue weighted by Gasteiger charge is -2.07. The highest BCUT2D eigenvalue weighted by Crippen LogP contribution is 2.36. The summed E-state index contributed by atoms with van der Waals surface area (Å²) >= 11 is 0. The number of rotatable bonds is 0. The molecule has 0 bridgehead atoms. The third-order valence-electron chi connectivity index (χ3n) is 2.60. The topological polar surface area (TPSA) is 64.3 Å². The standard InChI is InChI=1S/C13H10N2O2/c14-8-5-6-12-10(7-8)15-13(16)9-3-1-2-4-11(9)17-12/h1-7H,14H2,(H,15,16). The molecule has 0 saturated carbocycles. The Morgan fingerprint density at radius 1 is 1.06 bits per heavy atom. The van der Waals surface area contributed by atoms with Crippen LogP contribution in [0.3, 0.4) is 0 Å². The van der Waals surface area contributed by atoms with Gasteiger partial charge in [0.15, 0.2) is 5.75 Å². The summed E-state index contributed by atoms with van der Waals surface area (Å²) in [5.74, 6) is 0.955. The summed E-state index contributed by atoms with van der Waals surface area (Å²) in [6.45, 7) is 0. The third-order valence-corrected chi connectivity index (χ3v) is 2.60. The van der Waals surface area contributed by atoms with Crippen LogP contribution in [0, 0.1) is 0 Å². The average molecular weight is 226 g/mol. The molecule has 0 aromatic heterocycles. The van der Waals surface area contributed by atoms with E-state index in [2.05, 4.69) is 5.32 Å². The highest BCUT2D eigenvalue weighted by Gasteiger charge is 2.19. The number of nitrogens with one attached hydrogen (secondary N) is 1. The van der Waals surface area contributed by atoms with Gasteiger partial charge in [-0.15, -0.1) is 0 Å². The zero-order chi connectivity index (χ0) is 11.8. The van der Waals surface area contributed by atoms with Gasteiger partial charge in [0.2, 0.25) is 0 Å². The zero-order valence-electron chi connectivity index (χ0n) is 8.94. The number of benzene rings is 2. The molecule has 0 atom stereocenters. The van der Waals surface area contributed by atoms with Gasteiger partial charge < -0.3 is 15.8 Å². The van der Waals surface area contributed by atoms with Crippen LogP contribution in [-0.2, 0) is 0 Å². The second kappa shape index (κ2) is 3.52. The van der Waals surface area contributed by atoms with E-state index in [4.69, 9.17) is 10.5 Å². The first-order valence-corrected chi connectivity index (χ1v) is 5.22. The van der Waals surface area contributed by atoms with Gasteiger partial charge in [-0.2, -0.15) is 0 Å². The van der Waals surface area contributed by atoms with E-state index in [1.165, 1.54) is 0 Å². The number of ether oxygens (including phenoxy) is 1. The molecule has 0 fully saturated rings. The normalized spacial score (nSPS) is 12.8. The van der Waals surface area contributed by atoms with Crippen molar-refractivity contribution < 1.29 is 9.53 Å². The summed E-state index contributed by atoms with van der Waals surface area (Å²) < 4.78 is 5.69. The number of amides is 1. The molecule has 0 saturated heterocycles. The van der Waals surface area contributed by atoms with Gasteiger partial charge in [0.05, 0.1) is 11.3 Å². The molecule has 2 aromatic carbocycles. The molecular formula is C13H10N2O2. The number of para-hydroxylation sites is 1. The average Bonchev–Trinajstić information content (AvgIpc) is 2.46. The quantitative estimate of drug-likeness (QED) is 0.679. The fourth-order valence-electron chi connectivity index (χ4n) is 1.79. The highest BCUT2D eigenvalue weighted by molar-refractivity contribution is 6.08. The van der Waals surface area contributed by atoms with Crippen molar-refractivity contribution in [3.05, 3.63) is 48.0 Å². The molecule has 4 nitrogen and oxygen atoms in total. The maximum atomic E-state index is 11.9. The molecule has 3 rings (SSSR count). The molecule has 4 heteroatoms. The zero-order valence-corrected chi connectivity index (χ0v) is 8.94. The number of anilines is 2. The van der Waals surface area contributed by atoms with E-state index < -0.39 is 0 Å². The Balaban J connectivity index is 2.17. The van der Waals surface area contributed by atoms with Crippen LogP contribution in [0.25, 0.3) is 0 Å². The molecule has 1 amide bonds. The minimum Gasteiger partial charge on any atom is -0.454 e. The Morgan fingerprint density at radius 2 is 1.88 bits per heavy atom. The van der Waals surface area contributed by atoms with Crippen LogP contribution < -0.4 is 15.8 Å². The van der Waals surface area contributed by atoms with E-state index in [9.17, 15) is 4.79 Å².